The summed E-state index contributed by atoms with van der Waals surface area (Å²) in [6, 6.07) is 5.08. The van der Waals surface area contributed by atoms with Crippen molar-refractivity contribution in [3.63, 3.8) is 0 Å². The fourth-order valence-corrected chi connectivity index (χ4v) is 2.56. The minimum absolute atomic E-state index is 0.00258. The van der Waals surface area contributed by atoms with Crippen LogP contribution in [0.15, 0.2) is 29.2 Å². The molecule has 8 heteroatoms. The molecule has 0 aliphatic rings. The van der Waals surface area contributed by atoms with Gasteiger partial charge in [0.25, 0.3) is 0 Å². The molecule has 3 N–H and O–H groups in total. The molecule has 0 radical (unpaired) electrons. The molecule has 0 spiro atoms. The van der Waals surface area contributed by atoms with Gasteiger partial charge in [-0.2, -0.15) is 0 Å². The summed E-state index contributed by atoms with van der Waals surface area (Å²) in [5, 5.41) is 5.47. The second-order valence-corrected chi connectivity index (χ2v) is 5.77. The molecular formula is C12H18FN3O3S. The Balaban J connectivity index is 2.45. The Morgan fingerprint density at radius 3 is 2.55 bits per heavy atom. The Hall–Kier alpha value is -1.51. The SMILES string of the molecule is CNCCNC(=O)CCNS(=O)(=O)c1ccccc1F. The van der Waals surface area contributed by atoms with E-state index in [1.165, 1.54) is 18.2 Å². The number of hydrogen-bond acceptors (Lipinski definition) is 4. The Labute approximate surface area is 117 Å². The zero-order valence-corrected chi connectivity index (χ0v) is 12.0. The fraction of sp³-hybridized carbons (Fsp3) is 0.417. The van der Waals surface area contributed by atoms with E-state index in [2.05, 4.69) is 15.4 Å². The van der Waals surface area contributed by atoms with E-state index in [-0.39, 0.29) is 18.9 Å². The molecule has 6 nitrogen and oxygen atoms in total. The number of benzene rings is 1. The van der Waals surface area contributed by atoms with Crippen molar-refractivity contribution in [3.05, 3.63) is 30.1 Å². The molecule has 20 heavy (non-hydrogen) atoms. The first kappa shape index (κ1) is 16.5. The number of carbonyl (C=O) groups excluding carboxylic acids is 1. The monoisotopic (exact) mass is 303 g/mol. The molecule has 0 unspecified atom stereocenters. The molecule has 1 amide bonds. The van der Waals surface area contributed by atoms with Crippen LogP contribution >= 0.6 is 0 Å². The Morgan fingerprint density at radius 1 is 1.20 bits per heavy atom. The topological polar surface area (TPSA) is 87.3 Å². The average Bonchev–Trinajstić information content (AvgIpc) is 2.39. The third kappa shape index (κ3) is 5.24. The Bertz CT molecular complexity index is 549. The Morgan fingerprint density at radius 2 is 1.90 bits per heavy atom. The molecule has 0 heterocycles. The predicted molar refractivity (Wildman–Crippen MR) is 73.1 cm³/mol. The maximum absolute atomic E-state index is 13.4. The van der Waals surface area contributed by atoms with Crippen molar-refractivity contribution in [2.75, 3.05) is 26.7 Å². The highest BCUT2D eigenvalue weighted by Crippen LogP contribution is 2.12. The summed E-state index contributed by atoms with van der Waals surface area (Å²) in [6.45, 7) is 1.02. The zero-order valence-electron chi connectivity index (χ0n) is 11.1. The van der Waals surface area contributed by atoms with Gasteiger partial charge in [-0.1, -0.05) is 12.1 Å². The lowest BCUT2D eigenvalue weighted by molar-refractivity contribution is -0.120. The maximum atomic E-state index is 13.4. The van der Waals surface area contributed by atoms with Crippen molar-refractivity contribution in [2.45, 2.75) is 11.3 Å². The van der Waals surface area contributed by atoms with Gasteiger partial charge in [-0.15, -0.1) is 0 Å². The summed E-state index contributed by atoms with van der Waals surface area (Å²) < 4.78 is 39.2. The number of carbonyl (C=O) groups is 1. The first-order chi connectivity index (χ1) is 9.47. The Kier molecular flexibility index (Phi) is 6.56. The van der Waals surface area contributed by atoms with E-state index in [1.54, 1.807) is 7.05 Å². The van der Waals surface area contributed by atoms with Crippen molar-refractivity contribution in [1.82, 2.24) is 15.4 Å². The molecule has 0 saturated carbocycles. The van der Waals surface area contributed by atoms with E-state index in [1.807, 2.05) is 0 Å². The van der Waals surface area contributed by atoms with Gasteiger partial charge in [0.2, 0.25) is 15.9 Å². The summed E-state index contributed by atoms with van der Waals surface area (Å²) in [4.78, 5) is 10.9. The van der Waals surface area contributed by atoms with Crippen molar-refractivity contribution >= 4 is 15.9 Å². The van der Waals surface area contributed by atoms with E-state index in [0.717, 1.165) is 6.07 Å². The normalized spacial score (nSPS) is 11.3. The number of sulfonamides is 1. The van der Waals surface area contributed by atoms with Gasteiger partial charge in [0.05, 0.1) is 0 Å². The number of halogens is 1. The van der Waals surface area contributed by atoms with Crippen LogP contribution in [0.5, 0.6) is 0 Å². The highest BCUT2D eigenvalue weighted by molar-refractivity contribution is 7.89. The number of amides is 1. The first-order valence-corrected chi connectivity index (χ1v) is 7.61. The van der Waals surface area contributed by atoms with Crippen molar-refractivity contribution in [2.24, 2.45) is 0 Å². The van der Waals surface area contributed by atoms with Crippen molar-refractivity contribution < 1.29 is 17.6 Å². The molecule has 0 aromatic heterocycles. The summed E-state index contributed by atoms with van der Waals surface area (Å²) >= 11 is 0. The highest BCUT2D eigenvalue weighted by Gasteiger charge is 2.18. The predicted octanol–water partition coefficient (Wildman–Crippen LogP) is -0.170. The third-order valence-corrected chi connectivity index (χ3v) is 3.96. The molecule has 0 aliphatic carbocycles. The van der Waals surface area contributed by atoms with Gasteiger partial charge in [0, 0.05) is 26.1 Å². The van der Waals surface area contributed by atoms with Crippen LogP contribution in [0.25, 0.3) is 0 Å². The van der Waals surface area contributed by atoms with Crippen LogP contribution in [0.3, 0.4) is 0 Å². The van der Waals surface area contributed by atoms with Gasteiger partial charge < -0.3 is 10.6 Å². The van der Waals surface area contributed by atoms with E-state index < -0.39 is 20.7 Å². The quantitative estimate of drug-likeness (QED) is 0.582. The molecule has 1 rings (SSSR count). The standard InChI is InChI=1S/C12H18FN3O3S/c1-14-8-9-15-12(17)6-7-16-20(18,19)11-5-3-2-4-10(11)13/h2-5,14,16H,6-9H2,1H3,(H,15,17). The number of likely N-dealkylation sites (N-methyl/N-ethyl adjacent to an activating group) is 1. The summed E-state index contributed by atoms with van der Waals surface area (Å²) in [5.41, 5.74) is 0. The van der Waals surface area contributed by atoms with Gasteiger partial charge >= 0.3 is 0 Å². The summed E-state index contributed by atoms with van der Waals surface area (Å²) in [5.74, 6) is -1.09. The minimum Gasteiger partial charge on any atom is -0.355 e. The van der Waals surface area contributed by atoms with Crippen LogP contribution in [0, 0.1) is 5.82 Å². The summed E-state index contributed by atoms with van der Waals surface area (Å²) in [7, 11) is -2.17. The van der Waals surface area contributed by atoms with E-state index in [9.17, 15) is 17.6 Å². The second kappa shape index (κ2) is 7.93. The molecule has 1 aromatic carbocycles. The minimum atomic E-state index is -3.93. The molecule has 0 fully saturated rings. The van der Waals surface area contributed by atoms with Gasteiger partial charge in [-0.25, -0.2) is 17.5 Å². The largest absolute Gasteiger partial charge is 0.355 e. The summed E-state index contributed by atoms with van der Waals surface area (Å²) in [6.07, 6.45) is -0.00258. The van der Waals surface area contributed by atoms with Gasteiger partial charge in [0.1, 0.15) is 10.7 Å². The number of rotatable bonds is 8. The maximum Gasteiger partial charge on any atom is 0.243 e. The number of hydrogen-bond donors (Lipinski definition) is 3. The average molecular weight is 303 g/mol. The van der Waals surface area contributed by atoms with Gasteiger partial charge in [0.15, 0.2) is 0 Å². The molecular weight excluding hydrogens is 285 g/mol. The molecule has 1 aromatic rings. The van der Waals surface area contributed by atoms with Crippen LogP contribution in [-0.2, 0) is 14.8 Å². The smallest absolute Gasteiger partial charge is 0.243 e. The van der Waals surface area contributed by atoms with Crippen LogP contribution < -0.4 is 15.4 Å². The van der Waals surface area contributed by atoms with Crippen LogP contribution in [-0.4, -0.2) is 41.0 Å². The van der Waals surface area contributed by atoms with Crippen LogP contribution in [0.2, 0.25) is 0 Å². The lowest BCUT2D eigenvalue weighted by Crippen LogP contribution is -2.34. The highest BCUT2D eigenvalue weighted by atomic mass is 32.2. The van der Waals surface area contributed by atoms with Crippen LogP contribution in [0.1, 0.15) is 6.42 Å². The second-order valence-electron chi connectivity index (χ2n) is 4.03. The fourth-order valence-electron chi connectivity index (χ4n) is 1.45. The molecule has 0 atom stereocenters. The van der Waals surface area contributed by atoms with Crippen LogP contribution in [0.4, 0.5) is 4.39 Å². The molecule has 0 aliphatic heterocycles. The molecule has 112 valence electrons. The lowest BCUT2D eigenvalue weighted by atomic mass is 10.4. The van der Waals surface area contributed by atoms with E-state index in [4.69, 9.17) is 0 Å². The van der Waals surface area contributed by atoms with E-state index >= 15 is 0 Å². The lowest BCUT2D eigenvalue weighted by Gasteiger charge is -2.08. The van der Waals surface area contributed by atoms with Gasteiger partial charge in [-0.05, 0) is 19.2 Å². The zero-order chi connectivity index (χ0) is 15.0. The van der Waals surface area contributed by atoms with Crippen molar-refractivity contribution in [3.8, 4) is 0 Å². The van der Waals surface area contributed by atoms with Crippen molar-refractivity contribution in [1.29, 1.82) is 0 Å². The van der Waals surface area contributed by atoms with E-state index in [0.29, 0.717) is 13.1 Å². The number of nitrogens with one attached hydrogen (secondary N) is 3. The molecule has 0 bridgehead atoms. The van der Waals surface area contributed by atoms with Gasteiger partial charge in [-0.3, -0.25) is 4.79 Å². The third-order valence-electron chi connectivity index (χ3n) is 2.47. The first-order valence-electron chi connectivity index (χ1n) is 6.13. The molecule has 0 saturated heterocycles.